The summed E-state index contributed by atoms with van der Waals surface area (Å²) < 4.78 is 26.2. The van der Waals surface area contributed by atoms with E-state index in [1.807, 2.05) is 20.1 Å². The van der Waals surface area contributed by atoms with Gasteiger partial charge in [-0.1, -0.05) is 6.07 Å². The molecular formula is C11H17NO3S2. The summed E-state index contributed by atoms with van der Waals surface area (Å²) in [6.45, 7) is 4.26. The largest absolute Gasteiger partial charge is 0.508 e. The van der Waals surface area contributed by atoms with Crippen LogP contribution < -0.4 is 4.72 Å². The predicted molar refractivity (Wildman–Crippen MR) is 70.9 cm³/mol. The molecule has 0 unspecified atom stereocenters. The summed E-state index contributed by atoms with van der Waals surface area (Å²) in [6, 6.07) is 5.62. The van der Waals surface area contributed by atoms with Crippen molar-refractivity contribution in [3.63, 3.8) is 0 Å². The second kappa shape index (κ2) is 5.29. The average Bonchev–Trinajstić information content (AvgIpc) is 2.27. The molecule has 2 N–H and O–H groups in total. The maximum Gasteiger partial charge on any atom is 0.240 e. The topological polar surface area (TPSA) is 66.4 Å². The van der Waals surface area contributed by atoms with Crippen LogP contribution in [0.4, 0.5) is 0 Å². The fourth-order valence-corrected chi connectivity index (χ4v) is 2.63. The lowest BCUT2D eigenvalue weighted by molar-refractivity contribution is 0.473. The molecule has 96 valence electrons. The van der Waals surface area contributed by atoms with Crippen LogP contribution in [0.1, 0.15) is 13.8 Å². The molecule has 0 amide bonds. The molecule has 0 aliphatic heterocycles. The summed E-state index contributed by atoms with van der Waals surface area (Å²) in [5, 5.41) is 9.25. The molecule has 0 heterocycles. The highest BCUT2D eigenvalue weighted by Crippen LogP contribution is 2.21. The lowest BCUT2D eigenvalue weighted by atomic mass is 10.2. The SMILES string of the molecule is CSC(C)(C)CNS(=O)(=O)c1cccc(O)c1. The van der Waals surface area contributed by atoms with E-state index in [4.69, 9.17) is 0 Å². The van der Waals surface area contributed by atoms with E-state index in [1.54, 1.807) is 11.8 Å². The summed E-state index contributed by atoms with van der Waals surface area (Å²) in [4.78, 5) is 0.0782. The van der Waals surface area contributed by atoms with Crippen LogP contribution in [-0.4, -0.2) is 31.1 Å². The molecular weight excluding hydrogens is 258 g/mol. The highest BCUT2D eigenvalue weighted by atomic mass is 32.2. The van der Waals surface area contributed by atoms with Crippen molar-refractivity contribution in [1.29, 1.82) is 0 Å². The van der Waals surface area contributed by atoms with Crippen molar-refractivity contribution in [2.75, 3.05) is 12.8 Å². The van der Waals surface area contributed by atoms with Gasteiger partial charge in [0.2, 0.25) is 10.0 Å². The van der Waals surface area contributed by atoms with Gasteiger partial charge in [0.1, 0.15) is 5.75 Å². The van der Waals surface area contributed by atoms with Crippen LogP contribution in [0.15, 0.2) is 29.2 Å². The van der Waals surface area contributed by atoms with Crippen LogP contribution in [0, 0.1) is 0 Å². The predicted octanol–water partition coefficient (Wildman–Crippen LogP) is 1.81. The minimum atomic E-state index is -3.55. The van der Waals surface area contributed by atoms with Gasteiger partial charge < -0.3 is 5.11 Å². The van der Waals surface area contributed by atoms with Gasteiger partial charge in [-0.3, -0.25) is 0 Å². The summed E-state index contributed by atoms with van der Waals surface area (Å²) in [5.74, 6) is -0.0583. The number of hydrogen-bond donors (Lipinski definition) is 2. The van der Waals surface area contributed by atoms with Crippen molar-refractivity contribution in [3.05, 3.63) is 24.3 Å². The lowest BCUT2D eigenvalue weighted by Crippen LogP contribution is -2.36. The number of hydrogen-bond acceptors (Lipinski definition) is 4. The zero-order chi connectivity index (χ0) is 13.1. The van der Waals surface area contributed by atoms with Crippen LogP contribution in [0.25, 0.3) is 0 Å². The first-order chi connectivity index (χ1) is 7.77. The first kappa shape index (κ1) is 14.3. The van der Waals surface area contributed by atoms with Crippen LogP contribution in [-0.2, 0) is 10.0 Å². The molecule has 1 rings (SSSR count). The molecule has 0 radical (unpaired) electrons. The van der Waals surface area contributed by atoms with Crippen LogP contribution in [0.5, 0.6) is 5.75 Å². The van der Waals surface area contributed by atoms with Gasteiger partial charge >= 0.3 is 0 Å². The van der Waals surface area contributed by atoms with Gasteiger partial charge in [-0.05, 0) is 38.3 Å². The number of rotatable bonds is 5. The molecule has 0 bridgehead atoms. The Kier molecular flexibility index (Phi) is 4.46. The maximum absolute atomic E-state index is 11.9. The Morgan fingerprint density at radius 2 is 2.06 bits per heavy atom. The Morgan fingerprint density at radius 1 is 1.41 bits per heavy atom. The van der Waals surface area contributed by atoms with E-state index in [0.717, 1.165) is 0 Å². The number of nitrogens with one attached hydrogen (secondary N) is 1. The number of benzene rings is 1. The van der Waals surface area contributed by atoms with Crippen LogP contribution in [0.3, 0.4) is 0 Å². The zero-order valence-electron chi connectivity index (χ0n) is 10.1. The lowest BCUT2D eigenvalue weighted by Gasteiger charge is -2.22. The minimum absolute atomic E-state index is 0.0583. The first-order valence-electron chi connectivity index (χ1n) is 5.11. The molecule has 0 saturated heterocycles. The van der Waals surface area contributed by atoms with Crippen molar-refractivity contribution >= 4 is 21.8 Å². The van der Waals surface area contributed by atoms with Gasteiger partial charge in [0, 0.05) is 11.3 Å². The average molecular weight is 275 g/mol. The first-order valence-corrected chi connectivity index (χ1v) is 7.81. The molecule has 4 nitrogen and oxygen atoms in total. The molecule has 0 saturated carbocycles. The van der Waals surface area contributed by atoms with E-state index in [2.05, 4.69) is 4.72 Å². The fraction of sp³-hybridized carbons (Fsp3) is 0.455. The van der Waals surface area contributed by atoms with E-state index < -0.39 is 10.0 Å². The van der Waals surface area contributed by atoms with Gasteiger partial charge in [0.15, 0.2) is 0 Å². The van der Waals surface area contributed by atoms with E-state index in [9.17, 15) is 13.5 Å². The Hall–Kier alpha value is -0.720. The standard InChI is InChI=1S/C11H17NO3S2/c1-11(2,16-3)8-12-17(14,15)10-6-4-5-9(13)7-10/h4-7,12-13H,8H2,1-3H3. The molecule has 6 heteroatoms. The molecule has 0 aliphatic rings. The van der Waals surface area contributed by atoms with E-state index >= 15 is 0 Å². The highest BCUT2D eigenvalue weighted by Gasteiger charge is 2.21. The summed E-state index contributed by atoms with van der Waals surface area (Å²) >= 11 is 1.59. The quantitative estimate of drug-likeness (QED) is 0.860. The minimum Gasteiger partial charge on any atom is -0.508 e. The van der Waals surface area contributed by atoms with Gasteiger partial charge in [-0.25, -0.2) is 13.1 Å². The Labute approximate surface area is 106 Å². The van der Waals surface area contributed by atoms with Crippen molar-refractivity contribution in [1.82, 2.24) is 4.72 Å². The second-order valence-corrected chi connectivity index (χ2v) is 7.57. The number of phenols is 1. The Bertz CT molecular complexity index is 483. The van der Waals surface area contributed by atoms with E-state index in [0.29, 0.717) is 6.54 Å². The smallest absolute Gasteiger partial charge is 0.240 e. The van der Waals surface area contributed by atoms with Gasteiger partial charge in [0.05, 0.1) is 4.90 Å². The van der Waals surface area contributed by atoms with Gasteiger partial charge in [-0.2, -0.15) is 11.8 Å². The molecule has 0 atom stereocenters. The van der Waals surface area contributed by atoms with Crippen molar-refractivity contribution < 1.29 is 13.5 Å². The fourth-order valence-electron chi connectivity index (χ4n) is 1.07. The number of thioether (sulfide) groups is 1. The normalized spacial score (nSPS) is 12.6. The van der Waals surface area contributed by atoms with Crippen molar-refractivity contribution in [2.24, 2.45) is 0 Å². The van der Waals surface area contributed by atoms with Gasteiger partial charge in [-0.15, -0.1) is 0 Å². The Morgan fingerprint density at radius 3 is 2.59 bits per heavy atom. The zero-order valence-corrected chi connectivity index (χ0v) is 11.7. The molecule has 1 aromatic carbocycles. The third kappa shape index (κ3) is 4.22. The van der Waals surface area contributed by atoms with E-state index in [-0.39, 0.29) is 15.4 Å². The van der Waals surface area contributed by atoms with E-state index in [1.165, 1.54) is 24.3 Å². The summed E-state index contributed by atoms with van der Waals surface area (Å²) in [6.07, 6.45) is 1.93. The highest BCUT2D eigenvalue weighted by molar-refractivity contribution is 8.00. The summed E-state index contributed by atoms with van der Waals surface area (Å²) in [5.41, 5.74) is 0. The maximum atomic E-state index is 11.9. The Balaban J connectivity index is 2.83. The summed E-state index contributed by atoms with van der Waals surface area (Å²) in [7, 11) is -3.55. The number of phenolic OH excluding ortho intramolecular Hbond substituents is 1. The van der Waals surface area contributed by atoms with Crippen molar-refractivity contribution in [2.45, 2.75) is 23.5 Å². The number of sulfonamides is 1. The van der Waals surface area contributed by atoms with Crippen LogP contribution >= 0.6 is 11.8 Å². The molecule has 0 fully saturated rings. The van der Waals surface area contributed by atoms with Crippen LogP contribution in [0.2, 0.25) is 0 Å². The molecule has 1 aromatic rings. The number of aromatic hydroxyl groups is 1. The molecule has 0 aromatic heterocycles. The second-order valence-electron chi connectivity index (χ2n) is 4.29. The molecule has 0 spiro atoms. The monoisotopic (exact) mass is 275 g/mol. The third-order valence-electron chi connectivity index (χ3n) is 2.37. The third-order valence-corrected chi connectivity index (χ3v) is 5.02. The molecule has 17 heavy (non-hydrogen) atoms. The van der Waals surface area contributed by atoms with Crippen molar-refractivity contribution in [3.8, 4) is 5.75 Å². The van der Waals surface area contributed by atoms with Gasteiger partial charge in [0.25, 0.3) is 0 Å². The molecule has 0 aliphatic carbocycles.